The third-order valence-corrected chi connectivity index (χ3v) is 26.8. The van der Waals surface area contributed by atoms with Crippen LogP contribution in [0.5, 0.6) is 0 Å². The van der Waals surface area contributed by atoms with E-state index in [1.165, 1.54) is 65.4 Å². The van der Waals surface area contributed by atoms with Crippen LogP contribution in [0.2, 0.25) is 0 Å². The largest absolute Gasteiger partial charge is 0.456 e. The molecule has 5 heterocycles. The van der Waals surface area contributed by atoms with E-state index in [4.69, 9.17) is 4.42 Å². The first kappa shape index (κ1) is 76.7. The first-order chi connectivity index (χ1) is 63.3. The van der Waals surface area contributed by atoms with Gasteiger partial charge in [-0.1, -0.05) is 315 Å². The second kappa shape index (κ2) is 30.4. The highest BCUT2D eigenvalue weighted by atomic mass is 16.3. The van der Waals surface area contributed by atoms with Gasteiger partial charge in [0, 0.05) is 122 Å². The van der Waals surface area contributed by atoms with Crippen LogP contribution in [0.4, 0.5) is 34.1 Å². The van der Waals surface area contributed by atoms with Crippen molar-refractivity contribution in [2.45, 2.75) is 65.2 Å². The van der Waals surface area contributed by atoms with E-state index in [0.29, 0.717) is 0 Å². The molecule has 0 aliphatic heterocycles. The number of para-hydroxylation sites is 10. The molecule has 0 atom stereocenters. The van der Waals surface area contributed by atoms with Crippen molar-refractivity contribution in [2.75, 3.05) is 9.80 Å². The Hall–Kier alpha value is -16.0. The van der Waals surface area contributed by atoms with Crippen LogP contribution in [0.1, 0.15) is 65.5 Å². The minimum Gasteiger partial charge on any atom is -0.456 e. The van der Waals surface area contributed by atoms with E-state index in [-0.39, 0.29) is 10.8 Å². The van der Waals surface area contributed by atoms with Crippen LogP contribution >= 0.6 is 0 Å². The molecule has 0 fully saturated rings. The number of benzene rings is 18. The van der Waals surface area contributed by atoms with E-state index in [1.54, 1.807) is 0 Å². The van der Waals surface area contributed by atoms with E-state index in [0.717, 1.165) is 180 Å². The predicted octanol–water partition coefficient (Wildman–Crippen LogP) is 34.0. The molecule has 129 heavy (non-hydrogen) atoms. The molecule has 18 aromatic carbocycles. The highest BCUT2D eigenvalue weighted by molar-refractivity contribution is 6.17. The van der Waals surface area contributed by atoms with Crippen molar-refractivity contribution in [3.8, 4) is 72.7 Å². The monoisotopic (exact) mass is 1660 g/mol. The zero-order chi connectivity index (χ0) is 86.3. The van der Waals surface area contributed by atoms with Crippen LogP contribution in [0.25, 0.3) is 188 Å². The van der Waals surface area contributed by atoms with Gasteiger partial charge in [0.25, 0.3) is 0 Å². The van der Waals surface area contributed by atoms with Gasteiger partial charge in [-0.2, -0.15) is 0 Å². The van der Waals surface area contributed by atoms with Crippen molar-refractivity contribution in [1.29, 1.82) is 0 Å². The van der Waals surface area contributed by atoms with Gasteiger partial charge in [-0.25, -0.2) is 0 Å². The molecule has 0 saturated heterocycles. The lowest BCUT2D eigenvalue weighted by Gasteiger charge is -2.35. The maximum atomic E-state index is 6.78. The predicted molar refractivity (Wildman–Crippen MR) is 546 cm³/mol. The van der Waals surface area contributed by atoms with E-state index in [1.807, 2.05) is 0 Å². The van der Waals surface area contributed by atoms with Gasteiger partial charge < -0.3 is 32.5 Å². The quantitative estimate of drug-likeness (QED) is 0.103. The summed E-state index contributed by atoms with van der Waals surface area (Å²) >= 11 is 0. The van der Waals surface area contributed by atoms with Gasteiger partial charge in [-0.05, 0) is 220 Å². The number of rotatable bonds is 15. The van der Waals surface area contributed by atoms with Gasteiger partial charge in [0.2, 0.25) is 0 Å². The first-order valence-corrected chi connectivity index (χ1v) is 45.1. The molecule has 0 radical (unpaired) electrons. The van der Waals surface area contributed by atoms with E-state index >= 15 is 0 Å². The Bertz CT molecular complexity index is 8350. The number of anilines is 6. The van der Waals surface area contributed by atoms with Crippen molar-refractivity contribution in [2.24, 2.45) is 0 Å². The lowest BCUT2D eigenvalue weighted by Crippen LogP contribution is -2.18. The number of fused-ring (bicyclic) bond motifs is 15. The fraction of sp³-hybridized carbons (Fsp3) is 0.0820. The van der Waals surface area contributed by atoms with Crippen LogP contribution in [-0.2, 0) is 10.8 Å². The molecule has 1 aliphatic carbocycles. The fourth-order valence-corrected chi connectivity index (χ4v) is 20.6. The molecular weight excluding hydrogens is 1570 g/mol. The highest BCUT2D eigenvalue weighted by Gasteiger charge is 2.32. The summed E-state index contributed by atoms with van der Waals surface area (Å²) in [6.07, 6.45) is 9.04. The van der Waals surface area contributed by atoms with Crippen molar-refractivity contribution < 1.29 is 4.42 Å². The van der Waals surface area contributed by atoms with E-state index < -0.39 is 0 Å². The molecule has 0 saturated carbocycles. The Morgan fingerprint density at radius 3 is 0.969 bits per heavy atom. The molecule has 0 unspecified atom stereocenters. The molecular formula is C122H92N6O. The summed E-state index contributed by atoms with van der Waals surface area (Å²) < 4.78 is 16.6. The Balaban J connectivity index is 0.848. The average Bonchev–Trinajstić information content (AvgIpc) is 1.55. The summed E-state index contributed by atoms with van der Waals surface area (Å²) in [5.74, 6) is 0. The first-order valence-electron chi connectivity index (χ1n) is 45.1. The Morgan fingerprint density at radius 2 is 0.574 bits per heavy atom. The van der Waals surface area contributed by atoms with Crippen LogP contribution < -0.4 is 9.80 Å². The fourth-order valence-electron chi connectivity index (χ4n) is 20.6. The molecule has 7 heteroatoms. The zero-order valence-electron chi connectivity index (χ0n) is 72.9. The van der Waals surface area contributed by atoms with Crippen LogP contribution in [0, 0.1) is 0 Å². The maximum Gasteiger partial charge on any atom is 0.135 e. The van der Waals surface area contributed by atoms with Gasteiger partial charge >= 0.3 is 0 Å². The SMILES string of the molecule is CC(C)(C)c1cccc(N(c2cc(-c3ccc4oc5ccccc5c4c3)cc(N(c3cccc(C(C)(C)C)c3)c3c(-c4ccc5c6ccccc6n(-c6ccccc6)c5c4)cccc3-c3ccc4c5ccccc5n(-c5ccccc5)c4c3)c2)c2c(-c3ccc4c5ccccc5n(C5=CCCC=C5)c4c3)cccc2-c2ccc3c4ccccc4n(-c4ccccc4)c3c2)c1. The molecule has 1 aliphatic rings. The van der Waals surface area contributed by atoms with Crippen LogP contribution in [0.15, 0.2) is 429 Å². The smallest absolute Gasteiger partial charge is 0.135 e. The number of hydrogen-bond acceptors (Lipinski definition) is 3. The van der Waals surface area contributed by atoms with Gasteiger partial charge in [0.1, 0.15) is 11.2 Å². The molecule has 0 bridgehead atoms. The van der Waals surface area contributed by atoms with Crippen molar-refractivity contribution >= 4 is 149 Å². The minimum atomic E-state index is -0.263. The molecule has 5 aromatic heterocycles. The van der Waals surface area contributed by atoms with E-state index in [2.05, 4.69) is 494 Å². The number of hydrogen-bond donors (Lipinski definition) is 0. The molecule has 0 N–H and O–H groups in total. The lowest BCUT2D eigenvalue weighted by atomic mass is 9.86. The van der Waals surface area contributed by atoms with Gasteiger partial charge in [-0.15, -0.1) is 0 Å². The summed E-state index contributed by atoms with van der Waals surface area (Å²) in [5, 5.41) is 11.7. The van der Waals surface area contributed by atoms with Crippen molar-refractivity contribution in [3.63, 3.8) is 0 Å². The molecule has 0 spiro atoms. The van der Waals surface area contributed by atoms with Crippen LogP contribution in [0.3, 0.4) is 0 Å². The number of furan rings is 1. The second-order valence-electron chi connectivity index (χ2n) is 36.7. The number of allylic oxidation sites excluding steroid dienone is 4. The Labute approximate surface area is 750 Å². The standard InChI is InChI=1S/C122H92N6O/c1-121(2,3)85-33-29-43-91(76-85)123(119-95(80-59-64-103-99-45-19-24-54-109(99)125(113(103)72-80)87-35-11-7-12-36-87)50-31-51-96(119)81-60-65-104-100-46-20-25-55-110(100)126(114(104)73-81)88-37-13-8-14-38-88)93-69-84(79-63-68-118-108(71-79)107-49-23-28-58-117(107)129-118)70-94(78-93)124(92-44-30-34-86(77-92)122(4,5)6)120-97(82-61-66-105-101-47-21-26-56-111(101)127(115(105)74-82)89-39-15-9-16-40-89)52-32-53-98(120)83-62-67-106-102-48-22-27-57-112(102)128(116(106)75-83)90-41-17-10-18-42-90/h7-9,11-17,19-78H,10,18H2,1-6H3. The Morgan fingerprint density at radius 1 is 0.233 bits per heavy atom. The zero-order valence-corrected chi connectivity index (χ0v) is 72.9. The molecule has 616 valence electrons. The summed E-state index contributed by atoms with van der Waals surface area (Å²) in [6.45, 7) is 14.0. The topological polar surface area (TPSA) is 39.3 Å². The van der Waals surface area contributed by atoms with Gasteiger partial charge in [0.05, 0.1) is 55.5 Å². The van der Waals surface area contributed by atoms with Gasteiger partial charge in [0.15, 0.2) is 0 Å². The van der Waals surface area contributed by atoms with E-state index in [9.17, 15) is 0 Å². The lowest BCUT2D eigenvalue weighted by molar-refractivity contribution is 0.590. The second-order valence-corrected chi connectivity index (χ2v) is 36.7. The number of aromatic nitrogens is 4. The third-order valence-electron chi connectivity index (χ3n) is 26.8. The third kappa shape index (κ3) is 12.9. The average molecular weight is 1660 g/mol. The van der Waals surface area contributed by atoms with Crippen molar-refractivity contribution in [1.82, 2.24) is 18.3 Å². The number of nitrogens with zero attached hydrogens (tertiary/aromatic N) is 6. The summed E-state index contributed by atoms with van der Waals surface area (Å²) in [4.78, 5) is 5.26. The molecule has 0 amide bonds. The maximum absolute atomic E-state index is 6.78. The van der Waals surface area contributed by atoms with Crippen LogP contribution in [-0.4, -0.2) is 18.3 Å². The molecule has 24 rings (SSSR count). The minimum absolute atomic E-state index is 0.262. The summed E-state index contributed by atoms with van der Waals surface area (Å²) in [5.41, 5.74) is 33.7. The molecule has 7 nitrogen and oxygen atoms in total. The molecule has 23 aromatic rings. The summed E-state index contributed by atoms with van der Waals surface area (Å²) in [6, 6.07) is 153. The van der Waals surface area contributed by atoms with Gasteiger partial charge in [-0.3, -0.25) is 0 Å². The Kier molecular flexibility index (Phi) is 18.1. The highest BCUT2D eigenvalue weighted by Crippen LogP contribution is 2.55. The summed E-state index contributed by atoms with van der Waals surface area (Å²) in [7, 11) is 0. The normalized spacial score (nSPS) is 12.7. The van der Waals surface area contributed by atoms with Crippen molar-refractivity contribution in [3.05, 3.63) is 436 Å².